The third-order valence-corrected chi connectivity index (χ3v) is 7.95. The van der Waals surface area contributed by atoms with Gasteiger partial charge in [0.1, 0.15) is 11.2 Å². The molecule has 9 heteroatoms. The van der Waals surface area contributed by atoms with Crippen LogP contribution in [0.25, 0.3) is 22.5 Å². The maximum Gasteiger partial charge on any atom is 0.227 e. The molecule has 3 aromatic heterocycles. The summed E-state index contributed by atoms with van der Waals surface area (Å²) in [7, 11) is 0. The molecule has 2 aromatic carbocycles. The number of hydrogen-bond donors (Lipinski definition) is 1. The fraction of sp³-hybridized carbons (Fsp3) is 0.312. The summed E-state index contributed by atoms with van der Waals surface area (Å²) in [6, 6.07) is 22.8. The fourth-order valence-electron chi connectivity index (χ4n) is 5.73. The lowest BCUT2D eigenvalue weighted by Gasteiger charge is -2.31. The van der Waals surface area contributed by atoms with Crippen LogP contribution < -0.4 is 10.2 Å². The van der Waals surface area contributed by atoms with Crippen molar-refractivity contribution < 1.29 is 9.26 Å². The summed E-state index contributed by atoms with van der Waals surface area (Å²) in [5, 5.41) is 8.00. The number of anilines is 3. The SMILES string of the molecule is c1ccc(CN2CCC(c3noc4c(N5CCOCC5)nc(-c5ccc(Nc6cccnc6)cc5)nc34)CC2)cc1. The summed E-state index contributed by atoms with van der Waals surface area (Å²) < 4.78 is 11.6. The lowest BCUT2D eigenvalue weighted by molar-refractivity contribution is 0.122. The Morgan fingerprint density at radius 3 is 2.39 bits per heavy atom. The van der Waals surface area contributed by atoms with Crippen LogP contribution in [0.2, 0.25) is 0 Å². The molecule has 0 aliphatic carbocycles. The number of pyridine rings is 1. The summed E-state index contributed by atoms with van der Waals surface area (Å²) >= 11 is 0. The predicted molar refractivity (Wildman–Crippen MR) is 159 cm³/mol. The normalized spacial score (nSPS) is 16.7. The smallest absolute Gasteiger partial charge is 0.227 e. The first kappa shape index (κ1) is 25.6. The highest BCUT2D eigenvalue weighted by atomic mass is 16.5. The van der Waals surface area contributed by atoms with Crippen molar-refractivity contribution in [2.24, 2.45) is 0 Å². The van der Waals surface area contributed by atoms with Gasteiger partial charge in [0.2, 0.25) is 5.58 Å². The summed E-state index contributed by atoms with van der Waals surface area (Å²) in [5.74, 6) is 1.78. The molecular weight excluding hydrogens is 514 g/mol. The van der Waals surface area contributed by atoms with Gasteiger partial charge in [-0.1, -0.05) is 35.5 Å². The topological polar surface area (TPSA) is 92.4 Å². The van der Waals surface area contributed by atoms with E-state index in [1.807, 2.05) is 24.3 Å². The Balaban J connectivity index is 1.17. The molecule has 0 atom stereocenters. The minimum Gasteiger partial charge on any atom is -0.378 e. The van der Waals surface area contributed by atoms with E-state index in [4.69, 9.17) is 19.2 Å². The van der Waals surface area contributed by atoms with Gasteiger partial charge in [-0.2, -0.15) is 0 Å². The average Bonchev–Trinajstić information content (AvgIpc) is 3.47. The molecule has 41 heavy (non-hydrogen) atoms. The summed E-state index contributed by atoms with van der Waals surface area (Å²) in [6.07, 6.45) is 5.62. The van der Waals surface area contributed by atoms with Gasteiger partial charge in [0.25, 0.3) is 0 Å². The summed E-state index contributed by atoms with van der Waals surface area (Å²) in [4.78, 5) is 19.0. The number of benzene rings is 2. The number of morpholine rings is 1. The molecule has 2 aliphatic heterocycles. The van der Waals surface area contributed by atoms with Crippen LogP contribution in [0, 0.1) is 0 Å². The van der Waals surface area contributed by atoms with Gasteiger partial charge >= 0.3 is 0 Å². The molecule has 2 fully saturated rings. The van der Waals surface area contributed by atoms with Crippen LogP contribution in [0.3, 0.4) is 0 Å². The predicted octanol–water partition coefficient (Wildman–Crippen LogP) is 5.64. The van der Waals surface area contributed by atoms with Crippen LogP contribution in [-0.4, -0.2) is 64.4 Å². The van der Waals surface area contributed by atoms with E-state index < -0.39 is 0 Å². The van der Waals surface area contributed by atoms with Crippen molar-refractivity contribution in [2.75, 3.05) is 49.6 Å². The number of hydrogen-bond acceptors (Lipinski definition) is 9. The Morgan fingerprint density at radius 1 is 0.829 bits per heavy atom. The van der Waals surface area contributed by atoms with E-state index in [0.717, 1.165) is 79.5 Å². The van der Waals surface area contributed by atoms with Crippen molar-refractivity contribution >= 4 is 28.3 Å². The molecule has 0 unspecified atom stereocenters. The summed E-state index contributed by atoms with van der Waals surface area (Å²) in [6.45, 7) is 5.86. The lowest BCUT2D eigenvalue weighted by atomic mass is 9.92. The van der Waals surface area contributed by atoms with Gasteiger partial charge < -0.3 is 19.5 Å². The van der Waals surface area contributed by atoms with Crippen LogP contribution in [0.5, 0.6) is 0 Å². The quantitative estimate of drug-likeness (QED) is 0.278. The second-order valence-corrected chi connectivity index (χ2v) is 10.7. The van der Waals surface area contributed by atoms with Crippen molar-refractivity contribution in [3.05, 3.63) is 90.4 Å². The zero-order valence-corrected chi connectivity index (χ0v) is 22.9. The first-order valence-corrected chi connectivity index (χ1v) is 14.3. The number of nitrogens with zero attached hydrogens (tertiary/aromatic N) is 6. The van der Waals surface area contributed by atoms with Crippen LogP contribution in [0.15, 0.2) is 83.6 Å². The van der Waals surface area contributed by atoms with E-state index in [-0.39, 0.29) is 0 Å². The third kappa shape index (κ3) is 5.64. The molecule has 5 heterocycles. The number of piperidine rings is 1. The largest absolute Gasteiger partial charge is 0.378 e. The molecule has 1 N–H and O–H groups in total. The van der Waals surface area contributed by atoms with Gasteiger partial charge in [-0.05, 0) is 67.9 Å². The number of likely N-dealkylation sites (tertiary alicyclic amines) is 1. The lowest BCUT2D eigenvalue weighted by Crippen LogP contribution is -2.37. The highest BCUT2D eigenvalue weighted by Gasteiger charge is 2.29. The van der Waals surface area contributed by atoms with Crippen molar-refractivity contribution in [2.45, 2.75) is 25.3 Å². The highest BCUT2D eigenvalue weighted by molar-refractivity contribution is 5.88. The van der Waals surface area contributed by atoms with E-state index >= 15 is 0 Å². The van der Waals surface area contributed by atoms with E-state index in [9.17, 15) is 0 Å². The van der Waals surface area contributed by atoms with Gasteiger partial charge in [-0.3, -0.25) is 9.88 Å². The molecule has 208 valence electrons. The second-order valence-electron chi connectivity index (χ2n) is 10.7. The van der Waals surface area contributed by atoms with E-state index in [1.54, 1.807) is 12.4 Å². The van der Waals surface area contributed by atoms with Crippen molar-refractivity contribution in [3.8, 4) is 11.4 Å². The molecule has 0 radical (unpaired) electrons. The van der Waals surface area contributed by atoms with Crippen LogP contribution in [0.4, 0.5) is 17.2 Å². The molecule has 0 saturated carbocycles. The zero-order valence-electron chi connectivity index (χ0n) is 22.9. The standard InChI is InChI=1S/C32H33N7O2/c1-2-5-23(6-3-1)22-38-15-12-24(13-16-38)28-29-30(41-37-28)32(39-17-19-40-20-18-39)36-31(35-29)25-8-10-26(11-9-25)34-27-7-4-14-33-21-27/h1-11,14,21,24,34H,12-13,15-20,22H2. The second kappa shape index (κ2) is 11.6. The maximum atomic E-state index is 6.00. The molecule has 0 spiro atoms. The summed E-state index contributed by atoms with van der Waals surface area (Å²) in [5.41, 5.74) is 6.67. The van der Waals surface area contributed by atoms with Crippen LogP contribution in [-0.2, 0) is 11.3 Å². The van der Waals surface area contributed by atoms with Gasteiger partial charge in [0, 0.05) is 43.0 Å². The average molecular weight is 548 g/mol. The van der Waals surface area contributed by atoms with Gasteiger partial charge in [-0.25, -0.2) is 9.97 Å². The number of nitrogens with one attached hydrogen (secondary N) is 1. The first-order valence-electron chi connectivity index (χ1n) is 14.3. The zero-order chi connectivity index (χ0) is 27.4. The number of fused-ring (bicyclic) bond motifs is 1. The number of aromatic nitrogens is 4. The Labute approximate surface area is 239 Å². The Hall–Kier alpha value is -4.34. The third-order valence-electron chi connectivity index (χ3n) is 7.95. The van der Waals surface area contributed by atoms with E-state index in [2.05, 4.69) is 67.7 Å². The van der Waals surface area contributed by atoms with Gasteiger partial charge in [0.15, 0.2) is 11.6 Å². The van der Waals surface area contributed by atoms with Crippen LogP contribution >= 0.6 is 0 Å². The number of rotatable bonds is 7. The Bertz CT molecular complexity index is 1580. The first-order chi connectivity index (χ1) is 20.3. The minimum atomic E-state index is 0.301. The molecular formula is C32H33N7O2. The monoisotopic (exact) mass is 547 g/mol. The molecule has 0 amide bonds. The van der Waals surface area contributed by atoms with Crippen LogP contribution in [0.1, 0.15) is 30.0 Å². The van der Waals surface area contributed by atoms with Crippen molar-refractivity contribution in [1.82, 2.24) is 25.0 Å². The van der Waals surface area contributed by atoms with Crippen molar-refractivity contribution in [1.29, 1.82) is 0 Å². The number of ether oxygens (including phenoxy) is 1. The van der Waals surface area contributed by atoms with E-state index in [0.29, 0.717) is 30.5 Å². The van der Waals surface area contributed by atoms with Gasteiger partial charge in [-0.15, -0.1) is 0 Å². The highest BCUT2D eigenvalue weighted by Crippen LogP contribution is 2.36. The molecule has 5 aromatic rings. The Morgan fingerprint density at radius 2 is 1.63 bits per heavy atom. The van der Waals surface area contributed by atoms with Crippen molar-refractivity contribution in [3.63, 3.8) is 0 Å². The fourth-order valence-corrected chi connectivity index (χ4v) is 5.73. The molecule has 2 aliphatic rings. The van der Waals surface area contributed by atoms with E-state index in [1.165, 1.54) is 5.56 Å². The minimum absolute atomic E-state index is 0.301. The molecule has 0 bridgehead atoms. The Kier molecular flexibility index (Phi) is 7.27. The molecule has 7 rings (SSSR count). The molecule has 9 nitrogen and oxygen atoms in total. The maximum absolute atomic E-state index is 6.00. The molecule has 2 saturated heterocycles. The van der Waals surface area contributed by atoms with Gasteiger partial charge in [0.05, 0.1) is 25.1 Å².